The molecule has 0 bridgehead atoms. The molecule has 1 saturated carbocycles. The van der Waals surface area contributed by atoms with Gasteiger partial charge in [0.05, 0.1) is 12.2 Å². The largest absolute Gasteiger partial charge is 0.393 e. The Morgan fingerprint density at radius 1 is 1.53 bits per heavy atom. The lowest BCUT2D eigenvalue weighted by atomic mass is 9.78. The molecule has 1 atom stereocenters. The van der Waals surface area contributed by atoms with E-state index in [-0.39, 0.29) is 6.10 Å². The van der Waals surface area contributed by atoms with Gasteiger partial charge in [-0.15, -0.1) is 6.58 Å². The average Bonchev–Trinajstić information content (AvgIpc) is 2.15. The van der Waals surface area contributed by atoms with Crippen LogP contribution in [-0.2, 0) is 4.74 Å². The van der Waals surface area contributed by atoms with Gasteiger partial charge in [0.25, 0.3) is 0 Å². The van der Waals surface area contributed by atoms with Crippen molar-refractivity contribution in [2.24, 2.45) is 5.92 Å². The van der Waals surface area contributed by atoms with E-state index in [0.717, 1.165) is 45.1 Å². The van der Waals surface area contributed by atoms with Gasteiger partial charge in [-0.2, -0.15) is 0 Å². The fraction of sp³-hybridized carbons (Fsp3) is 0.846. The molecule has 1 unspecified atom stereocenters. The predicted molar refractivity (Wildman–Crippen MR) is 62.8 cm³/mol. The van der Waals surface area contributed by atoms with Crippen LogP contribution in [0.15, 0.2) is 12.7 Å². The minimum absolute atomic E-state index is 0.113. The summed E-state index contributed by atoms with van der Waals surface area (Å²) in [6.07, 6.45) is 8.52. The van der Waals surface area contributed by atoms with Crippen molar-refractivity contribution < 1.29 is 9.84 Å². The van der Waals surface area contributed by atoms with Crippen LogP contribution in [0.1, 0.15) is 45.4 Å². The summed E-state index contributed by atoms with van der Waals surface area (Å²) in [6.45, 7) is 6.54. The van der Waals surface area contributed by atoms with E-state index in [1.807, 2.05) is 13.0 Å². The molecule has 1 aliphatic rings. The number of ether oxygens (including phenoxy) is 1. The lowest BCUT2D eigenvalue weighted by Crippen LogP contribution is -2.33. The SMILES string of the molecule is C=CCCCC(O)CC1CC(OCC)C1. The molecule has 0 amide bonds. The van der Waals surface area contributed by atoms with Crippen molar-refractivity contribution in [2.45, 2.75) is 57.7 Å². The maximum atomic E-state index is 9.75. The van der Waals surface area contributed by atoms with E-state index >= 15 is 0 Å². The molecule has 1 rings (SSSR count). The van der Waals surface area contributed by atoms with E-state index in [9.17, 15) is 5.11 Å². The first-order valence-corrected chi connectivity index (χ1v) is 6.16. The van der Waals surface area contributed by atoms with Crippen molar-refractivity contribution in [2.75, 3.05) is 6.61 Å². The summed E-state index contributed by atoms with van der Waals surface area (Å²) in [5, 5.41) is 9.75. The zero-order valence-electron chi connectivity index (χ0n) is 9.82. The Morgan fingerprint density at radius 3 is 2.87 bits per heavy atom. The van der Waals surface area contributed by atoms with Gasteiger partial charge >= 0.3 is 0 Å². The highest BCUT2D eigenvalue weighted by atomic mass is 16.5. The number of hydrogen-bond donors (Lipinski definition) is 1. The van der Waals surface area contributed by atoms with Gasteiger partial charge in [0.2, 0.25) is 0 Å². The van der Waals surface area contributed by atoms with Gasteiger partial charge in [0.1, 0.15) is 0 Å². The zero-order chi connectivity index (χ0) is 11.1. The lowest BCUT2D eigenvalue weighted by molar-refractivity contribution is -0.0384. The van der Waals surface area contributed by atoms with Crippen LogP contribution in [0.25, 0.3) is 0 Å². The molecule has 2 nitrogen and oxygen atoms in total. The summed E-state index contributed by atoms with van der Waals surface area (Å²) >= 11 is 0. The normalized spacial score (nSPS) is 27.1. The minimum Gasteiger partial charge on any atom is -0.393 e. The second-order valence-corrected chi connectivity index (χ2v) is 4.52. The molecule has 0 aromatic carbocycles. The monoisotopic (exact) mass is 212 g/mol. The molecule has 0 aromatic rings. The lowest BCUT2D eigenvalue weighted by Gasteiger charge is -2.36. The first-order chi connectivity index (χ1) is 7.26. The van der Waals surface area contributed by atoms with Crippen molar-refractivity contribution in [3.63, 3.8) is 0 Å². The topological polar surface area (TPSA) is 29.5 Å². The Kier molecular flexibility index (Phi) is 5.96. The van der Waals surface area contributed by atoms with Crippen LogP contribution >= 0.6 is 0 Å². The second kappa shape index (κ2) is 7.02. The molecule has 1 fully saturated rings. The molecule has 0 spiro atoms. The van der Waals surface area contributed by atoms with Crippen molar-refractivity contribution >= 4 is 0 Å². The summed E-state index contributed by atoms with van der Waals surface area (Å²) in [5.74, 6) is 0.695. The molecule has 0 aliphatic heterocycles. The molecule has 0 radical (unpaired) electrons. The zero-order valence-corrected chi connectivity index (χ0v) is 9.82. The van der Waals surface area contributed by atoms with Gasteiger partial charge in [-0.1, -0.05) is 6.08 Å². The van der Waals surface area contributed by atoms with E-state index in [4.69, 9.17) is 4.74 Å². The number of aliphatic hydroxyl groups excluding tert-OH is 1. The molecule has 0 heterocycles. The van der Waals surface area contributed by atoms with Gasteiger partial charge in [0.15, 0.2) is 0 Å². The van der Waals surface area contributed by atoms with E-state index in [1.165, 1.54) is 0 Å². The summed E-state index contributed by atoms with van der Waals surface area (Å²) in [6, 6.07) is 0. The number of hydrogen-bond acceptors (Lipinski definition) is 2. The van der Waals surface area contributed by atoms with Crippen LogP contribution in [-0.4, -0.2) is 23.9 Å². The maximum absolute atomic E-state index is 9.75. The molecule has 2 heteroatoms. The Balaban J connectivity index is 1.98. The van der Waals surface area contributed by atoms with Gasteiger partial charge in [-0.25, -0.2) is 0 Å². The molecule has 15 heavy (non-hydrogen) atoms. The van der Waals surface area contributed by atoms with Gasteiger partial charge in [0, 0.05) is 6.61 Å². The average molecular weight is 212 g/mol. The van der Waals surface area contributed by atoms with Gasteiger partial charge < -0.3 is 9.84 Å². The van der Waals surface area contributed by atoms with Crippen molar-refractivity contribution in [1.82, 2.24) is 0 Å². The summed E-state index contributed by atoms with van der Waals surface area (Å²) < 4.78 is 5.49. The van der Waals surface area contributed by atoms with Crippen LogP contribution in [0.3, 0.4) is 0 Å². The van der Waals surface area contributed by atoms with E-state index in [0.29, 0.717) is 12.0 Å². The highest BCUT2D eigenvalue weighted by Gasteiger charge is 2.30. The quantitative estimate of drug-likeness (QED) is 0.495. The van der Waals surface area contributed by atoms with Crippen LogP contribution in [0.2, 0.25) is 0 Å². The minimum atomic E-state index is -0.113. The van der Waals surface area contributed by atoms with E-state index in [1.54, 1.807) is 0 Å². The smallest absolute Gasteiger partial charge is 0.0580 e. The molecule has 0 saturated heterocycles. The molecule has 0 aromatic heterocycles. The molecule has 1 aliphatic carbocycles. The van der Waals surface area contributed by atoms with Crippen LogP contribution in [0.5, 0.6) is 0 Å². The number of aliphatic hydroxyl groups is 1. The fourth-order valence-corrected chi connectivity index (χ4v) is 2.24. The van der Waals surface area contributed by atoms with E-state index in [2.05, 4.69) is 6.58 Å². The fourth-order valence-electron chi connectivity index (χ4n) is 2.24. The third kappa shape index (κ3) is 4.80. The molecule has 1 N–H and O–H groups in total. The van der Waals surface area contributed by atoms with Crippen LogP contribution in [0, 0.1) is 5.92 Å². The van der Waals surface area contributed by atoms with Crippen molar-refractivity contribution in [1.29, 1.82) is 0 Å². The number of rotatable bonds is 8. The summed E-state index contributed by atoms with van der Waals surface area (Å²) in [4.78, 5) is 0. The van der Waals surface area contributed by atoms with Crippen molar-refractivity contribution in [3.8, 4) is 0 Å². The molecule has 88 valence electrons. The third-order valence-corrected chi connectivity index (χ3v) is 3.15. The van der Waals surface area contributed by atoms with Crippen LogP contribution < -0.4 is 0 Å². The van der Waals surface area contributed by atoms with Gasteiger partial charge in [-0.05, 0) is 51.4 Å². The highest BCUT2D eigenvalue weighted by Crippen LogP contribution is 2.34. The van der Waals surface area contributed by atoms with E-state index < -0.39 is 0 Å². The van der Waals surface area contributed by atoms with Crippen molar-refractivity contribution in [3.05, 3.63) is 12.7 Å². The van der Waals surface area contributed by atoms with Gasteiger partial charge in [-0.3, -0.25) is 0 Å². The van der Waals surface area contributed by atoms with Crippen LogP contribution in [0.4, 0.5) is 0 Å². The predicted octanol–water partition coefficient (Wildman–Crippen LogP) is 2.91. The Hall–Kier alpha value is -0.340. The number of unbranched alkanes of at least 4 members (excludes halogenated alkanes) is 1. The summed E-state index contributed by atoms with van der Waals surface area (Å²) in [5.41, 5.74) is 0. The standard InChI is InChI=1S/C13H24O2/c1-3-5-6-7-12(14)8-11-9-13(10-11)15-4-2/h3,11-14H,1,4-10H2,2H3. The molecular weight excluding hydrogens is 188 g/mol. The third-order valence-electron chi connectivity index (χ3n) is 3.15. The maximum Gasteiger partial charge on any atom is 0.0580 e. The Bertz CT molecular complexity index is 173. The first kappa shape index (κ1) is 12.7. The Morgan fingerprint density at radius 2 is 2.27 bits per heavy atom. The number of allylic oxidation sites excluding steroid dienone is 1. The summed E-state index contributed by atoms with van der Waals surface area (Å²) in [7, 11) is 0. The highest BCUT2D eigenvalue weighted by molar-refractivity contribution is 4.82. The molecular formula is C13H24O2. The second-order valence-electron chi connectivity index (χ2n) is 4.52. The Labute approximate surface area is 93.3 Å². The first-order valence-electron chi connectivity index (χ1n) is 6.16.